The number of piperidine rings is 1. The highest BCUT2D eigenvalue weighted by atomic mass is 19.4. The minimum absolute atomic E-state index is 0.0791. The van der Waals surface area contributed by atoms with E-state index in [-0.39, 0.29) is 36.6 Å². The SMILES string of the molecule is CCC(C(=O)N1CCC(NC(=O)C2CCCC(C(F)(F)F)C2)CC1)c1ccccc1. The Morgan fingerprint density at radius 1 is 1.10 bits per heavy atom. The van der Waals surface area contributed by atoms with Gasteiger partial charge in [0, 0.05) is 25.0 Å². The molecular weight excluding hydrogens is 393 g/mol. The first-order valence-corrected chi connectivity index (χ1v) is 11.0. The Labute approximate surface area is 176 Å². The van der Waals surface area contributed by atoms with Crippen molar-refractivity contribution in [2.75, 3.05) is 13.1 Å². The second-order valence-electron chi connectivity index (χ2n) is 8.58. The van der Waals surface area contributed by atoms with Gasteiger partial charge >= 0.3 is 6.18 Å². The summed E-state index contributed by atoms with van der Waals surface area (Å²) in [4.78, 5) is 27.4. The Kier molecular flexibility index (Phi) is 7.42. The third kappa shape index (κ3) is 5.55. The van der Waals surface area contributed by atoms with Gasteiger partial charge in [0.15, 0.2) is 0 Å². The van der Waals surface area contributed by atoms with Crippen molar-refractivity contribution in [1.29, 1.82) is 0 Å². The smallest absolute Gasteiger partial charge is 0.353 e. The van der Waals surface area contributed by atoms with Gasteiger partial charge < -0.3 is 10.2 Å². The van der Waals surface area contributed by atoms with Gasteiger partial charge in [-0.05, 0) is 44.1 Å². The van der Waals surface area contributed by atoms with Crippen molar-refractivity contribution in [2.45, 2.75) is 70.0 Å². The lowest BCUT2D eigenvalue weighted by Gasteiger charge is -2.36. The number of carbonyl (C=O) groups excluding carboxylic acids is 2. The van der Waals surface area contributed by atoms with Crippen molar-refractivity contribution in [3.05, 3.63) is 35.9 Å². The van der Waals surface area contributed by atoms with Crippen LogP contribution in [0, 0.1) is 11.8 Å². The van der Waals surface area contributed by atoms with Gasteiger partial charge in [-0.25, -0.2) is 0 Å². The molecule has 3 atom stereocenters. The van der Waals surface area contributed by atoms with Gasteiger partial charge in [-0.3, -0.25) is 9.59 Å². The van der Waals surface area contributed by atoms with Gasteiger partial charge in [0.2, 0.25) is 11.8 Å². The van der Waals surface area contributed by atoms with Gasteiger partial charge in [-0.1, -0.05) is 43.7 Å². The van der Waals surface area contributed by atoms with Crippen LogP contribution in [0.1, 0.15) is 63.4 Å². The Morgan fingerprint density at radius 3 is 2.37 bits per heavy atom. The molecule has 0 radical (unpaired) electrons. The van der Waals surface area contributed by atoms with Crippen molar-refractivity contribution in [2.24, 2.45) is 11.8 Å². The number of hydrogen-bond donors (Lipinski definition) is 1. The molecule has 1 aromatic rings. The van der Waals surface area contributed by atoms with E-state index in [1.165, 1.54) is 0 Å². The fourth-order valence-electron chi connectivity index (χ4n) is 4.75. The molecule has 7 heteroatoms. The largest absolute Gasteiger partial charge is 0.391 e. The number of hydrogen-bond acceptors (Lipinski definition) is 2. The number of benzene rings is 1. The Hall–Kier alpha value is -2.05. The maximum atomic E-state index is 13.0. The summed E-state index contributed by atoms with van der Waals surface area (Å²) in [5.74, 6) is -2.25. The van der Waals surface area contributed by atoms with Gasteiger partial charge in [0.05, 0.1) is 11.8 Å². The van der Waals surface area contributed by atoms with Gasteiger partial charge in [-0.2, -0.15) is 13.2 Å². The summed E-state index contributed by atoms with van der Waals surface area (Å²) in [6.45, 7) is 3.12. The molecule has 30 heavy (non-hydrogen) atoms. The molecule has 2 amide bonds. The summed E-state index contributed by atoms with van der Waals surface area (Å²) in [5, 5.41) is 2.95. The van der Waals surface area contributed by atoms with E-state index < -0.39 is 18.0 Å². The lowest BCUT2D eigenvalue weighted by molar-refractivity contribution is -0.186. The fourth-order valence-corrected chi connectivity index (χ4v) is 4.75. The molecule has 0 aromatic heterocycles. The first kappa shape index (κ1) is 22.6. The molecule has 1 saturated heterocycles. The molecule has 1 heterocycles. The second-order valence-corrected chi connectivity index (χ2v) is 8.58. The quantitative estimate of drug-likeness (QED) is 0.748. The number of alkyl halides is 3. The first-order chi connectivity index (χ1) is 14.3. The number of nitrogens with zero attached hydrogens (tertiary/aromatic N) is 1. The normalized spacial score (nSPS) is 24.3. The predicted molar refractivity (Wildman–Crippen MR) is 109 cm³/mol. The summed E-state index contributed by atoms with van der Waals surface area (Å²) in [5.41, 5.74) is 1.01. The van der Waals surface area contributed by atoms with E-state index in [1.54, 1.807) is 0 Å². The minimum atomic E-state index is -4.22. The molecule has 3 rings (SSSR count). The molecule has 3 unspecified atom stereocenters. The summed E-state index contributed by atoms with van der Waals surface area (Å²) in [6.07, 6.45) is -1.26. The van der Waals surface area contributed by atoms with Crippen molar-refractivity contribution < 1.29 is 22.8 Å². The average molecular weight is 425 g/mol. The summed E-state index contributed by atoms with van der Waals surface area (Å²) in [7, 11) is 0. The van der Waals surface area contributed by atoms with Crippen LogP contribution in [-0.4, -0.2) is 42.0 Å². The summed E-state index contributed by atoms with van der Waals surface area (Å²) >= 11 is 0. The van der Waals surface area contributed by atoms with Crippen molar-refractivity contribution in [3.8, 4) is 0 Å². The summed E-state index contributed by atoms with van der Waals surface area (Å²) in [6, 6.07) is 9.65. The highest BCUT2D eigenvalue weighted by molar-refractivity contribution is 5.84. The highest BCUT2D eigenvalue weighted by Gasteiger charge is 2.43. The van der Waals surface area contributed by atoms with E-state index in [4.69, 9.17) is 0 Å². The number of amides is 2. The van der Waals surface area contributed by atoms with Crippen LogP contribution in [-0.2, 0) is 9.59 Å². The molecule has 1 saturated carbocycles. The molecule has 2 aliphatic rings. The van der Waals surface area contributed by atoms with Crippen LogP contribution >= 0.6 is 0 Å². The number of rotatable bonds is 5. The number of carbonyl (C=O) groups is 2. The van der Waals surface area contributed by atoms with Gasteiger partial charge in [-0.15, -0.1) is 0 Å². The van der Waals surface area contributed by atoms with E-state index in [0.717, 1.165) is 12.0 Å². The van der Waals surface area contributed by atoms with Crippen LogP contribution < -0.4 is 5.32 Å². The van der Waals surface area contributed by atoms with Crippen LogP contribution in [0.2, 0.25) is 0 Å². The van der Waals surface area contributed by atoms with Crippen molar-refractivity contribution in [3.63, 3.8) is 0 Å². The van der Waals surface area contributed by atoms with Gasteiger partial charge in [0.1, 0.15) is 0 Å². The van der Waals surface area contributed by atoms with Crippen molar-refractivity contribution in [1.82, 2.24) is 10.2 Å². The predicted octanol–water partition coefficient (Wildman–Crippen LogP) is 4.66. The van der Waals surface area contributed by atoms with E-state index >= 15 is 0 Å². The number of halogens is 3. The number of nitrogens with one attached hydrogen (secondary N) is 1. The van der Waals surface area contributed by atoms with Crippen LogP contribution in [0.25, 0.3) is 0 Å². The maximum Gasteiger partial charge on any atom is 0.391 e. The zero-order chi connectivity index (χ0) is 21.7. The molecule has 0 spiro atoms. The van der Waals surface area contributed by atoms with E-state index in [0.29, 0.717) is 38.8 Å². The van der Waals surface area contributed by atoms with Crippen molar-refractivity contribution >= 4 is 11.8 Å². The lowest BCUT2D eigenvalue weighted by atomic mass is 9.80. The fraction of sp³-hybridized carbons (Fsp3) is 0.652. The minimum Gasteiger partial charge on any atom is -0.353 e. The molecule has 2 fully saturated rings. The van der Waals surface area contributed by atoms with Gasteiger partial charge in [0.25, 0.3) is 0 Å². The standard InChI is InChI=1S/C23H31F3N2O2/c1-2-20(16-7-4-3-5-8-16)22(30)28-13-11-19(12-14-28)27-21(29)17-9-6-10-18(15-17)23(24,25)26/h3-5,7-8,17-20H,2,6,9-15H2,1H3,(H,27,29). The molecular formula is C23H31F3N2O2. The van der Waals surface area contributed by atoms with E-state index in [1.807, 2.05) is 42.2 Å². The molecule has 1 aromatic carbocycles. The topological polar surface area (TPSA) is 49.4 Å². The van der Waals surface area contributed by atoms with Crippen LogP contribution in [0.4, 0.5) is 13.2 Å². The van der Waals surface area contributed by atoms with E-state index in [2.05, 4.69) is 5.32 Å². The molecule has 166 valence electrons. The maximum absolute atomic E-state index is 13.0. The zero-order valence-electron chi connectivity index (χ0n) is 17.5. The Bertz CT molecular complexity index is 715. The van der Waals surface area contributed by atoms with Crippen LogP contribution in [0.15, 0.2) is 30.3 Å². The lowest BCUT2D eigenvalue weighted by Crippen LogP contribution is -2.49. The zero-order valence-corrected chi connectivity index (χ0v) is 17.5. The molecule has 1 N–H and O–H groups in total. The van der Waals surface area contributed by atoms with E-state index in [9.17, 15) is 22.8 Å². The molecule has 0 bridgehead atoms. The first-order valence-electron chi connectivity index (χ1n) is 11.0. The Balaban J connectivity index is 1.49. The monoisotopic (exact) mass is 424 g/mol. The van der Waals surface area contributed by atoms with Crippen LogP contribution in [0.5, 0.6) is 0 Å². The third-order valence-corrected chi connectivity index (χ3v) is 6.57. The number of likely N-dealkylation sites (tertiary alicyclic amines) is 1. The molecule has 4 nitrogen and oxygen atoms in total. The average Bonchev–Trinajstić information content (AvgIpc) is 2.75. The molecule has 1 aliphatic heterocycles. The second kappa shape index (κ2) is 9.84. The Morgan fingerprint density at radius 2 is 1.77 bits per heavy atom. The third-order valence-electron chi connectivity index (χ3n) is 6.57. The molecule has 1 aliphatic carbocycles. The van der Waals surface area contributed by atoms with Crippen LogP contribution in [0.3, 0.4) is 0 Å². The highest BCUT2D eigenvalue weighted by Crippen LogP contribution is 2.40. The summed E-state index contributed by atoms with van der Waals surface area (Å²) < 4.78 is 39.0.